The molecule has 174 valence electrons. The number of ether oxygens (including phenoxy) is 2. The number of nitrogens with one attached hydrogen (secondary N) is 1. The Hall–Kier alpha value is -2.32. The quantitative estimate of drug-likeness (QED) is 0.425. The third-order valence-corrected chi connectivity index (χ3v) is 6.88. The van der Waals surface area contributed by atoms with Crippen molar-refractivity contribution in [1.29, 1.82) is 0 Å². The summed E-state index contributed by atoms with van der Waals surface area (Å²) >= 11 is 0. The number of rotatable bonds is 5. The predicted molar refractivity (Wildman–Crippen MR) is 132 cm³/mol. The maximum absolute atomic E-state index is 10.3. The van der Waals surface area contributed by atoms with Crippen molar-refractivity contribution in [3.05, 3.63) is 52.1 Å². The van der Waals surface area contributed by atoms with Gasteiger partial charge in [-0.05, 0) is 82.5 Å². The molecule has 2 N–H and O–H groups in total. The van der Waals surface area contributed by atoms with Gasteiger partial charge in [-0.1, -0.05) is 28.5 Å². The van der Waals surface area contributed by atoms with Crippen LogP contribution in [0.4, 0.5) is 4.79 Å². The highest BCUT2D eigenvalue weighted by Crippen LogP contribution is 2.43. The Morgan fingerprint density at radius 1 is 1.19 bits per heavy atom. The number of hydrogen-bond acceptors (Lipinski definition) is 7. The van der Waals surface area contributed by atoms with E-state index in [4.69, 9.17) is 9.47 Å². The second-order valence-corrected chi connectivity index (χ2v) is 10.4. The lowest BCUT2D eigenvalue weighted by molar-refractivity contribution is -0.108. The van der Waals surface area contributed by atoms with E-state index in [0.29, 0.717) is 18.8 Å². The average Bonchev–Trinajstić information content (AvgIpc) is 2.77. The molecule has 2 amide bonds. The minimum Gasteiger partial charge on any atom is -0.507 e. The van der Waals surface area contributed by atoms with E-state index >= 15 is 0 Å². The van der Waals surface area contributed by atoms with Crippen molar-refractivity contribution in [2.45, 2.75) is 53.1 Å². The van der Waals surface area contributed by atoms with Gasteiger partial charge in [0, 0.05) is 16.4 Å². The largest absolute Gasteiger partial charge is 0.507 e. The second-order valence-electron chi connectivity index (χ2n) is 7.98. The smallest absolute Gasteiger partial charge is 0.296 e. The van der Waals surface area contributed by atoms with Crippen LogP contribution in [0.25, 0.3) is 0 Å². The summed E-state index contributed by atoms with van der Waals surface area (Å²) in [6.07, 6.45) is 3.89. The highest BCUT2D eigenvalue weighted by Gasteiger charge is 2.35. The number of amides is 2. The van der Waals surface area contributed by atoms with Gasteiger partial charge in [-0.2, -0.15) is 0 Å². The molecule has 0 saturated heterocycles. The Labute approximate surface area is 197 Å². The number of aromatic hydroxyl groups is 1. The van der Waals surface area contributed by atoms with E-state index in [1.54, 1.807) is 6.26 Å². The summed E-state index contributed by atoms with van der Waals surface area (Å²) in [5.74, 6) is 2.18. The van der Waals surface area contributed by atoms with Gasteiger partial charge in [0.25, 0.3) is 5.24 Å². The van der Waals surface area contributed by atoms with Crippen LogP contribution < -0.4 is 14.8 Å². The van der Waals surface area contributed by atoms with E-state index in [1.165, 1.54) is 16.4 Å². The van der Waals surface area contributed by atoms with Crippen LogP contribution in [0.15, 0.2) is 24.3 Å². The SMILES string of the molecule is CSSC(=O)NC=O.Cc1ccc(OCC2(C)CCc3c(C)c(O)c(C)c(C)c3O2)cc1. The van der Waals surface area contributed by atoms with E-state index in [9.17, 15) is 14.7 Å². The van der Waals surface area contributed by atoms with Crippen molar-refractivity contribution in [2.24, 2.45) is 0 Å². The highest BCUT2D eigenvalue weighted by molar-refractivity contribution is 8.81. The molecular formula is C24H31NO5S2. The van der Waals surface area contributed by atoms with Crippen molar-refractivity contribution >= 4 is 33.2 Å². The number of fused-ring (bicyclic) bond motifs is 1. The molecule has 0 radical (unpaired) electrons. The fourth-order valence-electron chi connectivity index (χ4n) is 3.41. The Kier molecular flexibility index (Phi) is 9.33. The lowest BCUT2D eigenvalue weighted by atomic mass is 9.87. The molecule has 1 heterocycles. The first kappa shape index (κ1) is 25.9. The van der Waals surface area contributed by atoms with E-state index in [-0.39, 0.29) is 10.8 Å². The van der Waals surface area contributed by atoms with Gasteiger partial charge in [-0.25, -0.2) is 0 Å². The molecule has 0 saturated carbocycles. The molecule has 0 aliphatic carbocycles. The van der Waals surface area contributed by atoms with E-state index in [0.717, 1.165) is 57.4 Å². The van der Waals surface area contributed by atoms with E-state index < -0.39 is 0 Å². The Balaban J connectivity index is 0.000000390. The lowest BCUT2D eigenvalue weighted by Crippen LogP contribution is -2.42. The van der Waals surface area contributed by atoms with Crippen molar-refractivity contribution in [2.75, 3.05) is 12.9 Å². The van der Waals surface area contributed by atoms with E-state index in [1.807, 2.05) is 50.4 Å². The molecule has 6 nitrogen and oxygen atoms in total. The fourth-order valence-corrected chi connectivity index (χ4v) is 4.26. The number of benzene rings is 2. The average molecular weight is 478 g/mol. The molecule has 1 aliphatic rings. The predicted octanol–water partition coefficient (Wildman–Crippen LogP) is 5.65. The Morgan fingerprint density at radius 3 is 2.44 bits per heavy atom. The number of imide groups is 1. The molecule has 0 fully saturated rings. The van der Waals surface area contributed by atoms with Crippen LogP contribution in [0.2, 0.25) is 0 Å². The monoisotopic (exact) mass is 477 g/mol. The summed E-state index contributed by atoms with van der Waals surface area (Å²) in [7, 11) is 2.29. The van der Waals surface area contributed by atoms with Crippen LogP contribution in [0.1, 0.15) is 41.2 Å². The van der Waals surface area contributed by atoms with Crippen LogP contribution in [-0.4, -0.2) is 35.2 Å². The van der Waals surface area contributed by atoms with Crippen LogP contribution >= 0.6 is 21.6 Å². The minimum absolute atomic E-state index is 0.326. The van der Waals surface area contributed by atoms with Gasteiger partial charge in [0.1, 0.15) is 29.5 Å². The molecular weight excluding hydrogens is 446 g/mol. The molecule has 2 aromatic carbocycles. The number of aryl methyl sites for hydroxylation is 1. The molecule has 0 bridgehead atoms. The molecule has 2 aromatic rings. The minimum atomic E-state index is -0.363. The zero-order valence-electron chi connectivity index (χ0n) is 19.4. The topological polar surface area (TPSA) is 84.9 Å². The maximum Gasteiger partial charge on any atom is 0.296 e. The van der Waals surface area contributed by atoms with Crippen LogP contribution in [-0.2, 0) is 11.2 Å². The van der Waals surface area contributed by atoms with Gasteiger partial charge in [0.05, 0.1) is 0 Å². The molecule has 1 aliphatic heterocycles. The molecule has 0 aromatic heterocycles. The summed E-state index contributed by atoms with van der Waals surface area (Å²) in [5, 5.41) is 11.9. The number of carbonyl (C=O) groups is 2. The highest BCUT2D eigenvalue weighted by atomic mass is 33.1. The standard InChI is InChI=1S/C21H26O3.C3H5NO2S2/c1-13-6-8-17(9-7-13)23-12-21(5)11-10-18-16(4)19(22)14(2)15(3)20(18)24-21;1-7-8-3(6)4-2-5/h6-9,22H,10-12H2,1-5H3;2H,1H3,(H,4,5,6). The third-order valence-electron chi connectivity index (χ3n) is 5.49. The van der Waals surface area contributed by atoms with Gasteiger partial charge in [0.15, 0.2) is 0 Å². The normalized spacial score (nSPS) is 16.7. The molecule has 1 unspecified atom stereocenters. The first-order valence-corrected chi connectivity index (χ1v) is 12.8. The van der Waals surface area contributed by atoms with Gasteiger partial charge >= 0.3 is 0 Å². The van der Waals surface area contributed by atoms with Crippen LogP contribution in [0, 0.1) is 27.7 Å². The lowest BCUT2D eigenvalue weighted by Gasteiger charge is -2.37. The Morgan fingerprint density at radius 2 is 1.84 bits per heavy atom. The number of hydrogen-bond donors (Lipinski definition) is 2. The summed E-state index contributed by atoms with van der Waals surface area (Å²) in [6, 6.07) is 8.09. The molecule has 8 heteroatoms. The summed E-state index contributed by atoms with van der Waals surface area (Å²) in [5.41, 5.74) is 4.85. The fraction of sp³-hybridized carbons (Fsp3) is 0.417. The number of phenols is 1. The van der Waals surface area contributed by atoms with Crippen molar-refractivity contribution in [3.8, 4) is 17.2 Å². The first-order valence-electron chi connectivity index (χ1n) is 10.3. The number of phenolic OH excluding ortho intramolecular Hbond substituents is 1. The molecule has 1 atom stereocenters. The third kappa shape index (κ3) is 6.59. The summed E-state index contributed by atoms with van der Waals surface area (Å²) in [6.45, 7) is 10.6. The zero-order valence-corrected chi connectivity index (χ0v) is 21.0. The van der Waals surface area contributed by atoms with Crippen LogP contribution in [0.5, 0.6) is 17.2 Å². The Bertz CT molecular complexity index is 962. The van der Waals surface area contributed by atoms with Gasteiger partial charge in [0.2, 0.25) is 6.41 Å². The van der Waals surface area contributed by atoms with E-state index in [2.05, 4.69) is 13.8 Å². The van der Waals surface area contributed by atoms with Crippen molar-refractivity contribution in [3.63, 3.8) is 0 Å². The molecule has 0 spiro atoms. The van der Waals surface area contributed by atoms with Gasteiger partial charge < -0.3 is 14.6 Å². The number of carbonyl (C=O) groups excluding carboxylic acids is 2. The molecule has 32 heavy (non-hydrogen) atoms. The van der Waals surface area contributed by atoms with Crippen molar-refractivity contribution in [1.82, 2.24) is 5.32 Å². The summed E-state index contributed by atoms with van der Waals surface area (Å²) in [4.78, 5) is 19.8. The van der Waals surface area contributed by atoms with Crippen molar-refractivity contribution < 1.29 is 24.2 Å². The van der Waals surface area contributed by atoms with Gasteiger partial charge in [-0.15, -0.1) is 0 Å². The van der Waals surface area contributed by atoms with Gasteiger partial charge in [-0.3, -0.25) is 14.9 Å². The van der Waals surface area contributed by atoms with Crippen LogP contribution in [0.3, 0.4) is 0 Å². The zero-order chi connectivity index (χ0) is 23.9. The maximum atomic E-state index is 10.3. The summed E-state index contributed by atoms with van der Waals surface area (Å²) < 4.78 is 12.3. The molecule has 3 rings (SSSR count). The first-order chi connectivity index (χ1) is 15.1. The second kappa shape index (κ2) is 11.5.